The van der Waals surface area contributed by atoms with Crippen molar-refractivity contribution >= 4 is 12.0 Å². The Bertz CT molecular complexity index is 811. The first kappa shape index (κ1) is 19.5. The second-order valence-corrected chi connectivity index (χ2v) is 5.83. The molecule has 1 aromatic heterocycles. The van der Waals surface area contributed by atoms with E-state index in [-0.39, 0.29) is 5.56 Å². The van der Waals surface area contributed by atoms with E-state index in [1.807, 2.05) is 24.3 Å². The van der Waals surface area contributed by atoms with Crippen LogP contribution in [0.4, 0.5) is 0 Å². The Balaban J connectivity index is 2.10. The molecule has 6 nitrogen and oxygen atoms in total. The van der Waals surface area contributed by atoms with Gasteiger partial charge in [-0.1, -0.05) is 31.5 Å². The summed E-state index contributed by atoms with van der Waals surface area (Å²) in [6.07, 6.45) is 6.94. The van der Waals surface area contributed by atoms with Crippen molar-refractivity contribution < 1.29 is 14.7 Å². The van der Waals surface area contributed by atoms with E-state index in [1.54, 1.807) is 22.9 Å². The molecule has 0 aliphatic heterocycles. The van der Waals surface area contributed by atoms with E-state index in [0.717, 1.165) is 30.2 Å². The fourth-order valence-electron chi connectivity index (χ4n) is 2.48. The van der Waals surface area contributed by atoms with Crippen LogP contribution in [0.5, 0.6) is 5.75 Å². The topological polar surface area (TPSA) is 80.6 Å². The Kier molecular flexibility index (Phi) is 7.64. The second-order valence-electron chi connectivity index (χ2n) is 5.83. The van der Waals surface area contributed by atoms with Gasteiger partial charge in [0.1, 0.15) is 5.75 Å². The smallest absolute Gasteiger partial charge is 0.267 e. The maximum absolute atomic E-state index is 12.5. The highest BCUT2D eigenvalue weighted by Crippen LogP contribution is 2.19. The van der Waals surface area contributed by atoms with Crippen molar-refractivity contribution in [2.75, 3.05) is 6.61 Å². The van der Waals surface area contributed by atoms with Gasteiger partial charge < -0.3 is 9.30 Å². The van der Waals surface area contributed by atoms with Crippen LogP contribution in [-0.2, 0) is 17.8 Å². The third kappa shape index (κ3) is 5.60. The lowest BCUT2D eigenvalue weighted by atomic mass is 10.1. The number of unbranched alkanes of at least 4 members (excludes halogenated alkanes) is 1. The minimum Gasteiger partial charge on any atom is -0.493 e. The van der Waals surface area contributed by atoms with Crippen molar-refractivity contribution in [2.24, 2.45) is 0 Å². The minimum atomic E-state index is -0.682. The molecule has 0 unspecified atom stereocenters. The number of hydrogen-bond acceptors (Lipinski definition) is 4. The molecule has 0 radical (unpaired) electrons. The number of carbonyl (C=O) groups excluding carboxylic acids is 1. The van der Waals surface area contributed by atoms with Crippen LogP contribution in [0, 0.1) is 0 Å². The zero-order valence-corrected chi connectivity index (χ0v) is 14.9. The molecule has 2 N–H and O–H groups in total. The first-order valence-electron chi connectivity index (χ1n) is 8.68. The van der Waals surface area contributed by atoms with E-state index in [9.17, 15) is 9.59 Å². The maximum Gasteiger partial charge on any atom is 0.267 e. The fourth-order valence-corrected chi connectivity index (χ4v) is 2.48. The second kappa shape index (κ2) is 10.2. The van der Waals surface area contributed by atoms with E-state index in [2.05, 4.69) is 6.92 Å². The normalized spacial score (nSPS) is 10.8. The summed E-state index contributed by atoms with van der Waals surface area (Å²) >= 11 is 0. The van der Waals surface area contributed by atoms with Crippen LogP contribution in [0.3, 0.4) is 0 Å². The first-order chi connectivity index (χ1) is 12.7. The molecule has 1 aromatic carbocycles. The number of rotatable bonds is 9. The highest BCUT2D eigenvalue weighted by atomic mass is 16.5. The van der Waals surface area contributed by atoms with Gasteiger partial charge in [-0.25, -0.2) is 5.48 Å². The maximum atomic E-state index is 12.5. The average molecular weight is 356 g/mol. The van der Waals surface area contributed by atoms with Crippen LogP contribution in [0.2, 0.25) is 0 Å². The molecule has 0 aliphatic rings. The number of carbonyl (C=O) groups is 1. The zero-order chi connectivity index (χ0) is 18.8. The van der Waals surface area contributed by atoms with Gasteiger partial charge in [0.25, 0.3) is 11.5 Å². The number of nitrogens with one attached hydrogen (secondary N) is 1. The van der Waals surface area contributed by atoms with Gasteiger partial charge in [-0.3, -0.25) is 14.8 Å². The van der Waals surface area contributed by atoms with Gasteiger partial charge in [-0.15, -0.1) is 0 Å². The van der Waals surface area contributed by atoms with Crippen LogP contribution in [-0.4, -0.2) is 22.3 Å². The Hall–Kier alpha value is -2.86. The number of amides is 1. The lowest BCUT2D eigenvalue weighted by Crippen LogP contribution is -2.22. The minimum absolute atomic E-state index is 0.195. The Morgan fingerprint density at radius 1 is 1.27 bits per heavy atom. The van der Waals surface area contributed by atoms with Crippen molar-refractivity contribution in [2.45, 2.75) is 32.7 Å². The van der Waals surface area contributed by atoms with Crippen LogP contribution in [0.1, 0.15) is 30.9 Å². The molecular formula is C20H24N2O4. The average Bonchev–Trinajstić information content (AvgIpc) is 2.67. The number of hydroxylamine groups is 1. The third-order valence-corrected chi connectivity index (χ3v) is 3.92. The first-order valence-corrected chi connectivity index (χ1v) is 8.68. The molecule has 0 saturated heterocycles. The molecule has 0 spiro atoms. The fraction of sp³-hybridized carbons (Fsp3) is 0.300. The monoisotopic (exact) mass is 356 g/mol. The molecule has 26 heavy (non-hydrogen) atoms. The number of nitrogens with zero attached hydrogens (tertiary/aromatic N) is 1. The molecule has 0 saturated carbocycles. The number of benzene rings is 1. The number of aromatic nitrogens is 1. The third-order valence-electron chi connectivity index (χ3n) is 3.92. The molecule has 6 heteroatoms. The number of para-hydroxylation sites is 1. The number of hydrogen-bond donors (Lipinski definition) is 2. The van der Waals surface area contributed by atoms with Gasteiger partial charge in [0.2, 0.25) is 0 Å². The van der Waals surface area contributed by atoms with Gasteiger partial charge in [-0.05, 0) is 42.7 Å². The van der Waals surface area contributed by atoms with Gasteiger partial charge in [0.15, 0.2) is 0 Å². The highest BCUT2D eigenvalue weighted by Gasteiger charge is 2.06. The molecule has 0 bridgehead atoms. The van der Waals surface area contributed by atoms with Crippen molar-refractivity contribution in [3.63, 3.8) is 0 Å². The van der Waals surface area contributed by atoms with E-state index >= 15 is 0 Å². The van der Waals surface area contributed by atoms with Crippen molar-refractivity contribution in [3.05, 3.63) is 70.2 Å². The predicted molar refractivity (Wildman–Crippen MR) is 100 cm³/mol. The Morgan fingerprint density at radius 3 is 2.85 bits per heavy atom. The summed E-state index contributed by atoms with van der Waals surface area (Å²) in [4.78, 5) is 23.5. The molecule has 0 fully saturated rings. The summed E-state index contributed by atoms with van der Waals surface area (Å²) < 4.78 is 7.43. The predicted octanol–water partition coefficient (Wildman–Crippen LogP) is 2.79. The molecule has 0 atom stereocenters. The zero-order valence-electron chi connectivity index (χ0n) is 14.9. The number of ether oxygens (including phenoxy) is 1. The highest BCUT2D eigenvalue weighted by molar-refractivity contribution is 5.90. The van der Waals surface area contributed by atoms with Crippen molar-refractivity contribution in [3.8, 4) is 5.75 Å². The molecule has 0 aliphatic carbocycles. The lowest BCUT2D eigenvalue weighted by molar-refractivity contribution is -0.124. The van der Waals surface area contributed by atoms with Crippen LogP contribution < -0.4 is 15.8 Å². The van der Waals surface area contributed by atoms with E-state index < -0.39 is 5.91 Å². The van der Waals surface area contributed by atoms with E-state index in [1.165, 1.54) is 11.6 Å². The number of pyridine rings is 1. The summed E-state index contributed by atoms with van der Waals surface area (Å²) in [7, 11) is 0. The summed E-state index contributed by atoms with van der Waals surface area (Å²) in [6, 6.07) is 11.2. The van der Waals surface area contributed by atoms with E-state index in [4.69, 9.17) is 9.94 Å². The molecule has 1 amide bonds. The lowest BCUT2D eigenvalue weighted by Gasteiger charge is -2.12. The SMILES string of the molecule is CCCCOc1ccccc1CCn1cccc(/C=C/C(=O)NO)c1=O. The van der Waals surface area contributed by atoms with E-state index in [0.29, 0.717) is 25.1 Å². The quantitative estimate of drug-likeness (QED) is 0.313. The molecular weight excluding hydrogens is 332 g/mol. The summed E-state index contributed by atoms with van der Waals surface area (Å²) in [5.41, 5.74) is 2.73. The van der Waals surface area contributed by atoms with Crippen LogP contribution in [0.25, 0.3) is 6.08 Å². The summed E-state index contributed by atoms with van der Waals surface area (Å²) in [6.45, 7) is 3.30. The van der Waals surface area contributed by atoms with Crippen LogP contribution >= 0.6 is 0 Å². The largest absolute Gasteiger partial charge is 0.493 e. The van der Waals surface area contributed by atoms with Crippen molar-refractivity contribution in [1.29, 1.82) is 0 Å². The molecule has 2 rings (SSSR count). The summed E-state index contributed by atoms with van der Waals surface area (Å²) in [5, 5.41) is 8.50. The molecule has 1 heterocycles. The van der Waals surface area contributed by atoms with Gasteiger partial charge >= 0.3 is 0 Å². The van der Waals surface area contributed by atoms with Crippen LogP contribution in [0.15, 0.2) is 53.5 Å². The summed E-state index contributed by atoms with van der Waals surface area (Å²) in [5.74, 6) is 0.169. The van der Waals surface area contributed by atoms with Gasteiger partial charge in [0.05, 0.1) is 6.61 Å². The Labute approximate surface area is 152 Å². The Morgan fingerprint density at radius 2 is 2.08 bits per heavy atom. The van der Waals surface area contributed by atoms with Gasteiger partial charge in [-0.2, -0.15) is 0 Å². The standard InChI is InChI=1S/C20H24N2O4/c1-2-3-15-26-18-9-5-4-7-16(18)12-14-22-13-6-8-17(20(22)24)10-11-19(23)21-25/h4-11,13,25H,2-3,12,14-15H2,1H3,(H,21,23)/b11-10+. The number of aryl methyl sites for hydroxylation is 2. The van der Waals surface area contributed by atoms with Gasteiger partial charge in [0, 0.05) is 24.4 Å². The van der Waals surface area contributed by atoms with Crippen molar-refractivity contribution in [1.82, 2.24) is 10.0 Å². The molecule has 138 valence electrons. The molecule has 2 aromatic rings.